The number of hydrogen-bond acceptors (Lipinski definition) is 3. The van der Waals surface area contributed by atoms with Crippen molar-refractivity contribution in [3.05, 3.63) is 29.3 Å². The van der Waals surface area contributed by atoms with Crippen LogP contribution in [0.3, 0.4) is 0 Å². The molecule has 27 heavy (non-hydrogen) atoms. The molecule has 0 aliphatic carbocycles. The summed E-state index contributed by atoms with van der Waals surface area (Å²) in [6, 6.07) is 6.04. The van der Waals surface area contributed by atoms with Gasteiger partial charge in [0.05, 0.1) is 17.9 Å². The number of aryl methyl sites for hydroxylation is 1. The molecular weight excluding hydrogens is 334 g/mol. The Labute approximate surface area is 167 Å². The lowest BCUT2D eigenvalue weighted by atomic mass is 9.99. The molecular formula is C24H41NO2. The predicted molar refractivity (Wildman–Crippen MR) is 117 cm³/mol. The molecule has 0 spiro atoms. The molecule has 0 radical (unpaired) electrons. The summed E-state index contributed by atoms with van der Waals surface area (Å²) in [5.41, 5.74) is 2.97. The van der Waals surface area contributed by atoms with E-state index in [1.807, 2.05) is 26.2 Å². The molecule has 0 atom stereocenters. The lowest BCUT2D eigenvalue weighted by molar-refractivity contribution is 0.0489. The Bertz CT molecular complexity index is 537. The van der Waals surface area contributed by atoms with Crippen molar-refractivity contribution in [1.82, 2.24) is 0 Å². The predicted octanol–water partition coefficient (Wildman–Crippen LogP) is 6.64. The van der Waals surface area contributed by atoms with Gasteiger partial charge in [0, 0.05) is 14.1 Å². The number of esters is 1. The van der Waals surface area contributed by atoms with Crippen molar-refractivity contribution in [3.63, 3.8) is 0 Å². The van der Waals surface area contributed by atoms with Crippen LogP contribution in [-0.2, 0) is 11.2 Å². The standard InChI is InChI=1S/C24H41NO2/c1-6-7-8-9-10-11-12-13-15-21-16-14-17-22(23(21)25(4)5)24(26)27-19-18-20(2)3/h14,16-17,20H,6-13,15,18-19H2,1-5H3. The first-order valence-corrected chi connectivity index (χ1v) is 10.9. The van der Waals surface area contributed by atoms with Crippen LogP contribution in [0.25, 0.3) is 0 Å². The molecule has 1 aromatic rings. The van der Waals surface area contributed by atoms with E-state index in [9.17, 15) is 4.79 Å². The summed E-state index contributed by atoms with van der Waals surface area (Å²) in [6.07, 6.45) is 12.5. The van der Waals surface area contributed by atoms with E-state index in [1.54, 1.807) is 0 Å². The Morgan fingerprint density at radius 2 is 1.63 bits per heavy atom. The Morgan fingerprint density at radius 1 is 1.00 bits per heavy atom. The Balaban J connectivity index is 2.58. The van der Waals surface area contributed by atoms with Crippen LogP contribution >= 0.6 is 0 Å². The fourth-order valence-electron chi connectivity index (χ4n) is 3.40. The van der Waals surface area contributed by atoms with Gasteiger partial charge in [-0.1, -0.05) is 77.8 Å². The Morgan fingerprint density at radius 3 is 2.22 bits per heavy atom. The minimum atomic E-state index is -0.197. The highest BCUT2D eigenvalue weighted by molar-refractivity contribution is 5.96. The van der Waals surface area contributed by atoms with Crippen LogP contribution in [0.2, 0.25) is 0 Å². The van der Waals surface area contributed by atoms with Gasteiger partial charge in [-0.2, -0.15) is 0 Å². The van der Waals surface area contributed by atoms with E-state index in [2.05, 4.69) is 31.7 Å². The molecule has 3 heteroatoms. The number of ether oxygens (including phenoxy) is 1. The van der Waals surface area contributed by atoms with Gasteiger partial charge < -0.3 is 9.64 Å². The molecule has 0 amide bonds. The van der Waals surface area contributed by atoms with Gasteiger partial charge >= 0.3 is 5.97 Å². The van der Waals surface area contributed by atoms with Crippen molar-refractivity contribution in [2.45, 2.75) is 85.0 Å². The van der Waals surface area contributed by atoms with Crippen molar-refractivity contribution in [1.29, 1.82) is 0 Å². The first kappa shape index (κ1) is 23.5. The second-order valence-corrected chi connectivity index (χ2v) is 8.25. The van der Waals surface area contributed by atoms with Crippen molar-refractivity contribution < 1.29 is 9.53 Å². The van der Waals surface area contributed by atoms with Gasteiger partial charge in [-0.3, -0.25) is 0 Å². The van der Waals surface area contributed by atoms with Crippen molar-refractivity contribution in [2.24, 2.45) is 5.92 Å². The highest BCUT2D eigenvalue weighted by atomic mass is 16.5. The van der Waals surface area contributed by atoms with Gasteiger partial charge in [-0.25, -0.2) is 4.79 Å². The van der Waals surface area contributed by atoms with Crippen LogP contribution in [-0.4, -0.2) is 26.7 Å². The smallest absolute Gasteiger partial charge is 0.340 e. The third-order valence-corrected chi connectivity index (χ3v) is 5.01. The van der Waals surface area contributed by atoms with Crippen molar-refractivity contribution in [2.75, 3.05) is 25.6 Å². The lowest BCUT2D eigenvalue weighted by Gasteiger charge is -2.21. The van der Waals surface area contributed by atoms with Crippen LogP contribution in [0.15, 0.2) is 18.2 Å². The maximum absolute atomic E-state index is 12.6. The second kappa shape index (κ2) is 13.6. The van der Waals surface area contributed by atoms with E-state index in [1.165, 1.54) is 56.9 Å². The largest absolute Gasteiger partial charge is 0.462 e. The first-order valence-electron chi connectivity index (χ1n) is 10.9. The van der Waals surface area contributed by atoms with Crippen molar-refractivity contribution in [3.8, 4) is 0 Å². The zero-order valence-electron chi connectivity index (χ0n) is 18.4. The third-order valence-electron chi connectivity index (χ3n) is 5.01. The quantitative estimate of drug-likeness (QED) is 0.270. The second-order valence-electron chi connectivity index (χ2n) is 8.25. The highest BCUT2D eigenvalue weighted by Gasteiger charge is 2.17. The Kier molecular flexibility index (Phi) is 11.9. The number of rotatable bonds is 14. The van der Waals surface area contributed by atoms with E-state index in [0.717, 1.165) is 18.5 Å². The van der Waals surface area contributed by atoms with E-state index in [-0.39, 0.29) is 5.97 Å². The average Bonchev–Trinajstić information content (AvgIpc) is 2.63. The number of nitrogens with zero attached hydrogens (tertiary/aromatic N) is 1. The summed E-state index contributed by atoms with van der Waals surface area (Å²) < 4.78 is 5.51. The molecule has 0 aliphatic heterocycles. The molecule has 3 nitrogen and oxygen atoms in total. The number of benzene rings is 1. The number of carbonyl (C=O) groups excluding carboxylic acids is 1. The van der Waals surface area contributed by atoms with Crippen LogP contribution in [0.4, 0.5) is 5.69 Å². The summed E-state index contributed by atoms with van der Waals surface area (Å²) >= 11 is 0. The maximum Gasteiger partial charge on any atom is 0.340 e. The van der Waals surface area contributed by atoms with E-state index in [0.29, 0.717) is 18.1 Å². The number of para-hydroxylation sites is 1. The molecule has 0 saturated heterocycles. The molecule has 0 unspecified atom stereocenters. The third kappa shape index (κ3) is 9.30. The van der Waals surface area contributed by atoms with Crippen molar-refractivity contribution >= 4 is 11.7 Å². The fourth-order valence-corrected chi connectivity index (χ4v) is 3.40. The van der Waals surface area contributed by atoms with E-state index in [4.69, 9.17) is 4.74 Å². The minimum absolute atomic E-state index is 0.197. The van der Waals surface area contributed by atoms with Gasteiger partial charge in [0.25, 0.3) is 0 Å². The lowest BCUT2D eigenvalue weighted by Crippen LogP contribution is -2.18. The summed E-state index contributed by atoms with van der Waals surface area (Å²) in [4.78, 5) is 14.6. The summed E-state index contributed by atoms with van der Waals surface area (Å²) in [5, 5.41) is 0. The van der Waals surface area contributed by atoms with Crippen LogP contribution < -0.4 is 4.90 Å². The zero-order valence-corrected chi connectivity index (χ0v) is 18.4. The number of unbranched alkanes of at least 4 members (excludes halogenated alkanes) is 7. The molecule has 0 fully saturated rings. The van der Waals surface area contributed by atoms with Gasteiger partial charge in [0.15, 0.2) is 0 Å². The molecule has 0 N–H and O–H groups in total. The van der Waals surface area contributed by atoms with Gasteiger partial charge in [-0.15, -0.1) is 0 Å². The monoisotopic (exact) mass is 375 g/mol. The fraction of sp³-hybridized carbons (Fsp3) is 0.708. The molecule has 0 heterocycles. The highest BCUT2D eigenvalue weighted by Crippen LogP contribution is 2.27. The number of anilines is 1. The molecule has 0 bridgehead atoms. The average molecular weight is 376 g/mol. The summed E-state index contributed by atoms with van der Waals surface area (Å²) in [7, 11) is 4.02. The normalized spacial score (nSPS) is 11.0. The Hall–Kier alpha value is -1.51. The molecule has 1 rings (SSSR count). The van der Waals surface area contributed by atoms with Crippen LogP contribution in [0.5, 0.6) is 0 Å². The zero-order chi connectivity index (χ0) is 20.1. The number of carbonyl (C=O) groups is 1. The van der Waals surface area contributed by atoms with E-state index >= 15 is 0 Å². The van der Waals surface area contributed by atoms with Crippen LogP contribution in [0.1, 0.15) is 94.5 Å². The summed E-state index contributed by atoms with van der Waals surface area (Å²) in [6.45, 7) is 7.04. The van der Waals surface area contributed by atoms with E-state index < -0.39 is 0 Å². The van der Waals surface area contributed by atoms with Gasteiger partial charge in [0.1, 0.15) is 0 Å². The minimum Gasteiger partial charge on any atom is -0.462 e. The SMILES string of the molecule is CCCCCCCCCCc1cccc(C(=O)OCCC(C)C)c1N(C)C. The first-order chi connectivity index (χ1) is 13.0. The van der Waals surface area contributed by atoms with Gasteiger partial charge in [-0.05, 0) is 36.8 Å². The molecule has 0 aromatic heterocycles. The molecule has 154 valence electrons. The van der Waals surface area contributed by atoms with Gasteiger partial charge in [0.2, 0.25) is 0 Å². The topological polar surface area (TPSA) is 29.5 Å². The molecule has 1 aromatic carbocycles. The summed E-state index contributed by atoms with van der Waals surface area (Å²) in [5.74, 6) is 0.344. The maximum atomic E-state index is 12.6. The number of hydrogen-bond donors (Lipinski definition) is 0. The molecule has 0 saturated carbocycles. The van der Waals surface area contributed by atoms with Crippen LogP contribution in [0, 0.1) is 5.92 Å². The molecule has 0 aliphatic rings.